The number of amides is 2. The van der Waals surface area contributed by atoms with Crippen LogP contribution < -0.4 is 10.6 Å². The van der Waals surface area contributed by atoms with Gasteiger partial charge in [0.1, 0.15) is 10.8 Å². The van der Waals surface area contributed by atoms with Gasteiger partial charge < -0.3 is 15.4 Å². The summed E-state index contributed by atoms with van der Waals surface area (Å²) in [5, 5.41) is 6.09. The van der Waals surface area contributed by atoms with Gasteiger partial charge in [-0.1, -0.05) is 42.5 Å². The maximum absolute atomic E-state index is 13.7. The molecule has 0 atom stereocenters. The molecule has 0 saturated carbocycles. The summed E-state index contributed by atoms with van der Waals surface area (Å²) in [5.74, 6) is -2.48. The third kappa shape index (κ3) is 5.46. The van der Waals surface area contributed by atoms with Gasteiger partial charge >= 0.3 is 5.97 Å². The number of esters is 1. The first-order valence-electron chi connectivity index (χ1n) is 10.7. The predicted molar refractivity (Wildman–Crippen MR) is 124 cm³/mol. The molecule has 2 N–H and O–H groups in total. The third-order valence-electron chi connectivity index (χ3n) is 5.38. The molecule has 0 fully saturated rings. The number of aryl methyl sites for hydroxylation is 1. The van der Waals surface area contributed by atoms with Crippen LogP contribution in [0.3, 0.4) is 0 Å². The molecule has 170 valence electrons. The number of hydrogen-bond donors (Lipinski definition) is 2. The second-order valence-electron chi connectivity index (χ2n) is 7.69. The van der Waals surface area contributed by atoms with Crippen LogP contribution in [0.4, 0.5) is 9.39 Å². The molecule has 2 amide bonds. The monoisotopic (exact) mass is 466 g/mol. The average molecular weight is 467 g/mol. The molecule has 6 nitrogen and oxygen atoms in total. The quantitative estimate of drug-likeness (QED) is 0.503. The number of carbonyl (C=O) groups excluding carboxylic acids is 3. The molecule has 0 unspecified atom stereocenters. The first-order chi connectivity index (χ1) is 16.0. The number of hydrogen-bond acceptors (Lipinski definition) is 5. The maximum Gasteiger partial charge on any atom is 0.341 e. The Morgan fingerprint density at radius 3 is 2.48 bits per heavy atom. The van der Waals surface area contributed by atoms with Gasteiger partial charge in [-0.25, -0.2) is 9.18 Å². The van der Waals surface area contributed by atoms with Crippen LogP contribution in [0.2, 0.25) is 0 Å². The third-order valence-corrected chi connectivity index (χ3v) is 6.58. The van der Waals surface area contributed by atoms with E-state index in [1.807, 2.05) is 30.3 Å². The fourth-order valence-electron chi connectivity index (χ4n) is 3.76. The van der Waals surface area contributed by atoms with Gasteiger partial charge in [-0.05, 0) is 48.9 Å². The van der Waals surface area contributed by atoms with E-state index in [0.717, 1.165) is 47.8 Å². The van der Waals surface area contributed by atoms with Gasteiger partial charge in [0, 0.05) is 11.4 Å². The Hall–Kier alpha value is -3.52. The van der Waals surface area contributed by atoms with E-state index in [0.29, 0.717) is 17.1 Å². The Morgan fingerprint density at radius 2 is 1.70 bits per heavy atom. The molecule has 1 heterocycles. The topological polar surface area (TPSA) is 84.5 Å². The molecule has 0 aliphatic heterocycles. The smallest absolute Gasteiger partial charge is 0.341 e. The summed E-state index contributed by atoms with van der Waals surface area (Å²) >= 11 is 1.38. The summed E-state index contributed by atoms with van der Waals surface area (Å²) in [7, 11) is 0. The predicted octanol–water partition coefficient (Wildman–Crippen LogP) is 4.49. The number of rotatable bonds is 7. The molecule has 3 aromatic rings. The van der Waals surface area contributed by atoms with E-state index < -0.39 is 24.3 Å². The lowest BCUT2D eigenvalue weighted by Crippen LogP contribution is -2.26. The minimum Gasteiger partial charge on any atom is -0.452 e. The van der Waals surface area contributed by atoms with Crippen molar-refractivity contribution in [3.8, 4) is 0 Å². The molecule has 4 rings (SSSR count). The van der Waals surface area contributed by atoms with Crippen molar-refractivity contribution < 1.29 is 23.5 Å². The lowest BCUT2D eigenvalue weighted by Gasteiger charge is -2.13. The lowest BCUT2D eigenvalue weighted by atomic mass is 9.95. The van der Waals surface area contributed by atoms with Gasteiger partial charge in [-0.15, -0.1) is 11.3 Å². The molecule has 33 heavy (non-hydrogen) atoms. The Morgan fingerprint density at radius 1 is 0.970 bits per heavy atom. The zero-order chi connectivity index (χ0) is 23.2. The minimum atomic E-state index is -0.922. The number of benzene rings is 2. The summed E-state index contributed by atoms with van der Waals surface area (Å²) < 4.78 is 18.7. The van der Waals surface area contributed by atoms with Crippen molar-refractivity contribution in [1.29, 1.82) is 0 Å². The molecule has 8 heteroatoms. The van der Waals surface area contributed by atoms with Crippen molar-refractivity contribution in [2.45, 2.75) is 32.2 Å². The molecular weight excluding hydrogens is 443 g/mol. The van der Waals surface area contributed by atoms with E-state index in [4.69, 9.17) is 4.74 Å². The average Bonchev–Trinajstić information content (AvgIpc) is 3.19. The number of ether oxygens (including phenoxy) is 1. The van der Waals surface area contributed by atoms with E-state index in [9.17, 15) is 18.8 Å². The molecular formula is C25H23FN2O4S. The van der Waals surface area contributed by atoms with Gasteiger partial charge in [0.05, 0.1) is 11.1 Å². The standard InChI is InChI=1S/C25H23FN2O4S/c26-19-12-6-4-10-17(19)25(31)32-15-21(29)28-24-22(18-11-5-7-13-20(18)33-24)23(30)27-14-16-8-2-1-3-9-16/h1-4,6,8-10,12H,5,7,11,13-15H2,(H,27,30)(H,28,29). The molecule has 0 bridgehead atoms. The number of thiophene rings is 1. The Kier molecular flexibility index (Phi) is 7.14. The van der Waals surface area contributed by atoms with E-state index >= 15 is 0 Å². The SMILES string of the molecule is O=C(COC(=O)c1ccccc1F)Nc1sc2c(c1C(=O)NCc1ccccc1)CCCC2. The first kappa shape index (κ1) is 22.7. The summed E-state index contributed by atoms with van der Waals surface area (Å²) in [6, 6.07) is 15.0. The molecule has 0 saturated heterocycles. The van der Waals surface area contributed by atoms with Gasteiger partial charge in [0.2, 0.25) is 0 Å². The molecule has 0 spiro atoms. The highest BCUT2D eigenvalue weighted by Crippen LogP contribution is 2.38. The van der Waals surface area contributed by atoms with Crippen molar-refractivity contribution in [2.24, 2.45) is 0 Å². The highest BCUT2D eigenvalue weighted by molar-refractivity contribution is 7.17. The van der Waals surface area contributed by atoms with Crippen LogP contribution in [0.5, 0.6) is 0 Å². The summed E-state index contributed by atoms with van der Waals surface area (Å²) in [6.07, 6.45) is 3.65. The van der Waals surface area contributed by atoms with Crippen LogP contribution in [0.15, 0.2) is 54.6 Å². The Labute approximate surface area is 194 Å². The summed E-state index contributed by atoms with van der Waals surface area (Å²) in [6.45, 7) is -0.210. The molecule has 1 aliphatic carbocycles. The minimum absolute atomic E-state index is 0.238. The van der Waals surface area contributed by atoms with Crippen LogP contribution in [0.1, 0.15) is 49.6 Å². The molecule has 2 aromatic carbocycles. The van der Waals surface area contributed by atoms with Gasteiger partial charge in [-0.3, -0.25) is 9.59 Å². The van der Waals surface area contributed by atoms with E-state index in [2.05, 4.69) is 10.6 Å². The fourth-order valence-corrected chi connectivity index (χ4v) is 5.06. The number of nitrogens with one attached hydrogen (secondary N) is 2. The highest BCUT2D eigenvalue weighted by atomic mass is 32.1. The van der Waals surface area contributed by atoms with E-state index in [-0.39, 0.29) is 11.5 Å². The molecule has 1 aromatic heterocycles. The molecule has 0 radical (unpaired) electrons. The fraction of sp³-hybridized carbons (Fsp3) is 0.240. The first-order valence-corrected chi connectivity index (χ1v) is 11.5. The Balaban J connectivity index is 1.45. The largest absolute Gasteiger partial charge is 0.452 e. The highest BCUT2D eigenvalue weighted by Gasteiger charge is 2.26. The van der Waals surface area contributed by atoms with Crippen molar-refractivity contribution in [2.75, 3.05) is 11.9 Å². The molecule has 1 aliphatic rings. The summed E-state index contributed by atoms with van der Waals surface area (Å²) in [4.78, 5) is 38.7. The van der Waals surface area contributed by atoms with Crippen molar-refractivity contribution in [1.82, 2.24) is 5.32 Å². The normalized spacial score (nSPS) is 12.5. The zero-order valence-electron chi connectivity index (χ0n) is 17.9. The number of halogens is 1. The van der Waals surface area contributed by atoms with Crippen LogP contribution in [-0.2, 0) is 28.9 Å². The second kappa shape index (κ2) is 10.4. The van der Waals surface area contributed by atoms with Crippen LogP contribution >= 0.6 is 11.3 Å². The zero-order valence-corrected chi connectivity index (χ0v) is 18.7. The van der Waals surface area contributed by atoms with Crippen molar-refractivity contribution >= 4 is 34.1 Å². The van der Waals surface area contributed by atoms with E-state index in [1.165, 1.54) is 29.5 Å². The van der Waals surface area contributed by atoms with Gasteiger partial charge in [0.15, 0.2) is 6.61 Å². The van der Waals surface area contributed by atoms with Crippen LogP contribution in [0.25, 0.3) is 0 Å². The summed E-state index contributed by atoms with van der Waals surface area (Å²) in [5.41, 5.74) is 2.17. The van der Waals surface area contributed by atoms with Gasteiger partial charge in [-0.2, -0.15) is 0 Å². The lowest BCUT2D eigenvalue weighted by molar-refractivity contribution is -0.119. The van der Waals surface area contributed by atoms with Crippen LogP contribution in [0, 0.1) is 5.82 Å². The van der Waals surface area contributed by atoms with E-state index in [1.54, 1.807) is 0 Å². The Bertz CT molecular complexity index is 1180. The van der Waals surface area contributed by atoms with Gasteiger partial charge in [0.25, 0.3) is 11.8 Å². The second-order valence-corrected chi connectivity index (χ2v) is 8.79. The number of carbonyl (C=O) groups is 3. The number of fused-ring (bicyclic) bond motifs is 1. The van der Waals surface area contributed by atoms with Crippen molar-refractivity contribution in [3.63, 3.8) is 0 Å². The maximum atomic E-state index is 13.7. The van der Waals surface area contributed by atoms with Crippen molar-refractivity contribution in [3.05, 3.63) is 87.5 Å². The number of anilines is 1. The van der Waals surface area contributed by atoms with Crippen LogP contribution in [-0.4, -0.2) is 24.4 Å².